The van der Waals surface area contributed by atoms with Crippen LogP contribution in [0.2, 0.25) is 0 Å². The fourth-order valence-corrected chi connectivity index (χ4v) is 2.24. The van der Waals surface area contributed by atoms with Gasteiger partial charge in [-0.2, -0.15) is 5.10 Å². The summed E-state index contributed by atoms with van der Waals surface area (Å²) in [6.45, 7) is 0. The largest absolute Gasteiger partial charge is 0.338 e. The van der Waals surface area contributed by atoms with E-state index in [0.29, 0.717) is 17.1 Å². The molecule has 0 radical (unpaired) electrons. The molecule has 1 aromatic carbocycles. The number of H-pyrrole nitrogens is 2. The zero-order valence-corrected chi connectivity index (χ0v) is 11.3. The Morgan fingerprint density at radius 1 is 1.05 bits per heavy atom. The van der Waals surface area contributed by atoms with E-state index in [1.165, 1.54) is 6.33 Å². The maximum Gasteiger partial charge on any atom is 0.275 e. The highest BCUT2D eigenvalue weighted by atomic mass is 16.1. The lowest BCUT2D eigenvalue weighted by Gasteiger charge is -2.01. The van der Waals surface area contributed by atoms with Gasteiger partial charge in [-0.15, -0.1) is 0 Å². The normalized spacial score (nSPS) is 10.9. The number of nitrogens with one attached hydrogen (secondary N) is 2. The van der Waals surface area contributed by atoms with Crippen LogP contribution in [0.3, 0.4) is 0 Å². The van der Waals surface area contributed by atoms with Gasteiger partial charge in [0, 0.05) is 18.0 Å². The highest BCUT2D eigenvalue weighted by Crippen LogP contribution is 2.20. The van der Waals surface area contributed by atoms with Crippen molar-refractivity contribution in [3.05, 3.63) is 59.4 Å². The first kappa shape index (κ1) is 12.4. The van der Waals surface area contributed by atoms with Crippen LogP contribution < -0.4 is 5.56 Å². The fraction of sp³-hybridized carbons (Fsp3) is 0. The molecule has 0 aliphatic rings. The Hall–Kier alpha value is -3.35. The van der Waals surface area contributed by atoms with Gasteiger partial charge >= 0.3 is 0 Å². The molecular weight excluding hydrogens is 280 g/mol. The number of fused-ring (bicyclic) bond motifs is 1. The van der Waals surface area contributed by atoms with Crippen molar-refractivity contribution in [2.24, 2.45) is 0 Å². The van der Waals surface area contributed by atoms with Crippen LogP contribution in [0.15, 0.2) is 53.8 Å². The Kier molecular flexibility index (Phi) is 2.75. The summed E-state index contributed by atoms with van der Waals surface area (Å²) < 4.78 is 0. The summed E-state index contributed by atoms with van der Waals surface area (Å²) in [6, 6.07) is 9.28. The molecular formula is C15H10N6O. The molecule has 0 aliphatic carbocycles. The SMILES string of the molecule is O=c1[nH]nc(-c2cncnc2)cc1-c1nc2ccccc2[nH]1. The standard InChI is InChI=1S/C15H10N6O/c22-15-10(14-18-11-3-1-2-4-12(11)19-14)5-13(20-21-15)9-6-16-8-17-7-9/h1-8H,(H,18,19)(H,21,22). The summed E-state index contributed by atoms with van der Waals surface area (Å²) in [7, 11) is 0. The number of aromatic nitrogens is 6. The van der Waals surface area contributed by atoms with Gasteiger partial charge in [-0.05, 0) is 18.2 Å². The number of benzene rings is 1. The second-order valence-electron chi connectivity index (χ2n) is 4.73. The van der Waals surface area contributed by atoms with Crippen LogP contribution in [0.1, 0.15) is 0 Å². The van der Waals surface area contributed by atoms with Crippen molar-refractivity contribution in [2.75, 3.05) is 0 Å². The monoisotopic (exact) mass is 290 g/mol. The van der Waals surface area contributed by atoms with Crippen LogP contribution in [-0.2, 0) is 0 Å². The van der Waals surface area contributed by atoms with E-state index in [9.17, 15) is 4.79 Å². The number of hydrogen-bond acceptors (Lipinski definition) is 5. The minimum absolute atomic E-state index is 0.306. The maximum absolute atomic E-state index is 12.1. The topological polar surface area (TPSA) is 100 Å². The molecule has 106 valence electrons. The first-order chi connectivity index (χ1) is 10.8. The summed E-state index contributed by atoms with van der Waals surface area (Å²) in [5.41, 5.74) is 3.09. The van der Waals surface area contributed by atoms with Gasteiger partial charge in [-0.3, -0.25) is 4.79 Å². The van der Waals surface area contributed by atoms with Crippen molar-refractivity contribution in [1.82, 2.24) is 30.1 Å². The quantitative estimate of drug-likeness (QED) is 0.586. The molecule has 0 spiro atoms. The highest BCUT2D eigenvalue weighted by Gasteiger charge is 2.11. The number of aromatic amines is 2. The van der Waals surface area contributed by atoms with Crippen molar-refractivity contribution in [2.45, 2.75) is 0 Å². The van der Waals surface area contributed by atoms with Gasteiger partial charge < -0.3 is 4.98 Å². The van der Waals surface area contributed by atoms with E-state index in [2.05, 4.69) is 30.1 Å². The molecule has 3 heterocycles. The number of imidazole rings is 1. The molecule has 4 rings (SSSR count). The molecule has 0 saturated heterocycles. The van der Waals surface area contributed by atoms with Crippen LogP contribution in [-0.4, -0.2) is 30.1 Å². The van der Waals surface area contributed by atoms with Gasteiger partial charge in [0.15, 0.2) is 0 Å². The second-order valence-corrected chi connectivity index (χ2v) is 4.73. The lowest BCUT2D eigenvalue weighted by molar-refractivity contribution is 0.989. The minimum Gasteiger partial charge on any atom is -0.338 e. The van der Waals surface area contributed by atoms with E-state index in [1.807, 2.05) is 24.3 Å². The molecule has 0 atom stereocenters. The van der Waals surface area contributed by atoms with Crippen molar-refractivity contribution < 1.29 is 0 Å². The number of hydrogen-bond donors (Lipinski definition) is 2. The lowest BCUT2D eigenvalue weighted by Crippen LogP contribution is -2.12. The Morgan fingerprint density at radius 3 is 2.68 bits per heavy atom. The van der Waals surface area contributed by atoms with Gasteiger partial charge in [-0.1, -0.05) is 12.1 Å². The van der Waals surface area contributed by atoms with Crippen LogP contribution in [0.4, 0.5) is 0 Å². The van der Waals surface area contributed by atoms with E-state index < -0.39 is 0 Å². The Bertz CT molecular complexity index is 972. The Balaban J connectivity index is 1.89. The Morgan fingerprint density at radius 2 is 1.86 bits per heavy atom. The van der Waals surface area contributed by atoms with Gasteiger partial charge in [0.25, 0.3) is 5.56 Å². The summed E-state index contributed by atoms with van der Waals surface area (Å²) in [5.74, 6) is 0.503. The summed E-state index contributed by atoms with van der Waals surface area (Å²) >= 11 is 0. The summed E-state index contributed by atoms with van der Waals surface area (Å²) in [6.07, 6.45) is 4.71. The zero-order valence-electron chi connectivity index (χ0n) is 11.3. The first-order valence-electron chi connectivity index (χ1n) is 6.61. The van der Waals surface area contributed by atoms with Crippen molar-refractivity contribution in [3.8, 4) is 22.6 Å². The third-order valence-corrected chi connectivity index (χ3v) is 3.30. The molecule has 3 aromatic heterocycles. The van der Waals surface area contributed by atoms with Crippen LogP contribution in [0, 0.1) is 0 Å². The van der Waals surface area contributed by atoms with Crippen LogP contribution in [0.5, 0.6) is 0 Å². The van der Waals surface area contributed by atoms with Crippen molar-refractivity contribution in [3.63, 3.8) is 0 Å². The zero-order chi connectivity index (χ0) is 14.9. The predicted molar refractivity (Wildman–Crippen MR) is 81.0 cm³/mol. The Labute approximate surface area is 124 Å². The lowest BCUT2D eigenvalue weighted by atomic mass is 10.2. The molecule has 0 bridgehead atoms. The molecule has 2 N–H and O–H groups in total. The predicted octanol–water partition coefficient (Wildman–Crippen LogP) is 1.77. The second kappa shape index (κ2) is 4.88. The average Bonchev–Trinajstić information content (AvgIpc) is 3.00. The van der Waals surface area contributed by atoms with E-state index in [1.54, 1.807) is 18.5 Å². The number of rotatable bonds is 2. The molecule has 0 unspecified atom stereocenters. The fourth-order valence-electron chi connectivity index (χ4n) is 2.24. The molecule has 0 fully saturated rings. The van der Waals surface area contributed by atoms with Crippen LogP contribution in [0.25, 0.3) is 33.7 Å². The minimum atomic E-state index is -0.306. The van der Waals surface area contributed by atoms with E-state index >= 15 is 0 Å². The molecule has 0 saturated carbocycles. The summed E-state index contributed by atoms with van der Waals surface area (Å²) in [5, 5.41) is 6.52. The maximum atomic E-state index is 12.1. The molecule has 0 aliphatic heterocycles. The van der Waals surface area contributed by atoms with Crippen LogP contribution >= 0.6 is 0 Å². The van der Waals surface area contributed by atoms with Gasteiger partial charge in [-0.25, -0.2) is 20.1 Å². The molecule has 7 nitrogen and oxygen atoms in total. The average molecular weight is 290 g/mol. The van der Waals surface area contributed by atoms with Gasteiger partial charge in [0.2, 0.25) is 0 Å². The highest BCUT2D eigenvalue weighted by molar-refractivity contribution is 5.79. The van der Waals surface area contributed by atoms with Gasteiger partial charge in [0.05, 0.1) is 22.3 Å². The van der Waals surface area contributed by atoms with E-state index in [4.69, 9.17) is 0 Å². The summed E-state index contributed by atoms with van der Waals surface area (Å²) in [4.78, 5) is 27.6. The van der Waals surface area contributed by atoms with E-state index in [-0.39, 0.29) is 5.56 Å². The van der Waals surface area contributed by atoms with Gasteiger partial charge in [0.1, 0.15) is 12.2 Å². The number of para-hydroxylation sites is 2. The number of nitrogens with zero attached hydrogens (tertiary/aromatic N) is 4. The first-order valence-corrected chi connectivity index (χ1v) is 6.61. The third kappa shape index (κ3) is 2.05. The van der Waals surface area contributed by atoms with Crippen molar-refractivity contribution >= 4 is 11.0 Å². The third-order valence-electron chi connectivity index (χ3n) is 3.30. The van der Waals surface area contributed by atoms with Crippen molar-refractivity contribution in [1.29, 1.82) is 0 Å². The van der Waals surface area contributed by atoms with E-state index in [0.717, 1.165) is 16.6 Å². The molecule has 4 aromatic rings. The molecule has 7 heteroatoms. The molecule has 0 amide bonds. The smallest absolute Gasteiger partial charge is 0.275 e. The molecule has 22 heavy (non-hydrogen) atoms.